The number of benzene rings is 2. The Morgan fingerprint density at radius 1 is 1.17 bits per heavy atom. The first-order valence-corrected chi connectivity index (χ1v) is 9.57. The van der Waals surface area contributed by atoms with Crippen molar-refractivity contribution in [2.45, 2.75) is 11.8 Å². The molecule has 24 heavy (non-hydrogen) atoms. The van der Waals surface area contributed by atoms with Crippen LogP contribution in [-0.4, -0.2) is 33.3 Å². The fourth-order valence-electron chi connectivity index (χ4n) is 2.02. The molecule has 5 nitrogen and oxygen atoms in total. The van der Waals surface area contributed by atoms with E-state index in [2.05, 4.69) is 20.7 Å². The second kappa shape index (κ2) is 7.13. The van der Waals surface area contributed by atoms with Crippen molar-refractivity contribution in [1.29, 1.82) is 0 Å². The molecule has 0 spiro atoms. The third kappa shape index (κ3) is 4.09. The normalized spacial score (nSPS) is 11.2. The van der Waals surface area contributed by atoms with Gasteiger partial charge in [0.15, 0.2) is 0 Å². The minimum absolute atomic E-state index is 0.103. The van der Waals surface area contributed by atoms with E-state index in [0.29, 0.717) is 5.02 Å². The van der Waals surface area contributed by atoms with Gasteiger partial charge in [-0.1, -0.05) is 27.5 Å². The van der Waals surface area contributed by atoms with Crippen molar-refractivity contribution in [2.75, 3.05) is 18.8 Å². The minimum Gasteiger partial charge on any atom is -0.345 e. The molecule has 0 aliphatic carbocycles. The van der Waals surface area contributed by atoms with Crippen LogP contribution in [0.4, 0.5) is 5.69 Å². The highest BCUT2D eigenvalue weighted by Crippen LogP contribution is 2.26. The number of sulfonamides is 1. The van der Waals surface area contributed by atoms with E-state index in [1.165, 1.54) is 23.1 Å². The molecule has 0 saturated heterocycles. The largest absolute Gasteiger partial charge is 0.345 e. The Morgan fingerprint density at radius 2 is 1.83 bits per heavy atom. The smallest absolute Gasteiger partial charge is 0.261 e. The molecule has 2 rings (SSSR count). The van der Waals surface area contributed by atoms with Gasteiger partial charge in [0.2, 0.25) is 0 Å². The number of hydrogen-bond donors (Lipinski definition) is 1. The van der Waals surface area contributed by atoms with Crippen LogP contribution < -0.4 is 4.72 Å². The van der Waals surface area contributed by atoms with E-state index in [4.69, 9.17) is 11.6 Å². The Balaban J connectivity index is 2.47. The van der Waals surface area contributed by atoms with Crippen LogP contribution in [0.25, 0.3) is 0 Å². The summed E-state index contributed by atoms with van der Waals surface area (Å²) in [5, 5.41) is 0.329. The Hall–Kier alpha value is -1.57. The summed E-state index contributed by atoms with van der Waals surface area (Å²) in [6.07, 6.45) is 0. The molecule has 1 N–H and O–H groups in total. The Labute approximate surface area is 154 Å². The summed E-state index contributed by atoms with van der Waals surface area (Å²) < 4.78 is 28.5. The second-order valence-electron chi connectivity index (χ2n) is 5.41. The van der Waals surface area contributed by atoms with Crippen LogP contribution in [-0.2, 0) is 10.0 Å². The summed E-state index contributed by atoms with van der Waals surface area (Å²) in [6, 6.07) is 9.15. The van der Waals surface area contributed by atoms with Crippen molar-refractivity contribution < 1.29 is 13.2 Å². The van der Waals surface area contributed by atoms with Crippen molar-refractivity contribution in [3.05, 3.63) is 57.0 Å². The summed E-state index contributed by atoms with van der Waals surface area (Å²) in [6.45, 7) is 1.80. The van der Waals surface area contributed by atoms with Gasteiger partial charge in [-0.15, -0.1) is 0 Å². The van der Waals surface area contributed by atoms with Gasteiger partial charge in [-0.25, -0.2) is 8.42 Å². The first-order valence-electron chi connectivity index (χ1n) is 6.92. The zero-order chi connectivity index (χ0) is 18.1. The van der Waals surface area contributed by atoms with E-state index < -0.39 is 10.0 Å². The standard InChI is InChI=1S/C16H16BrClN2O3S/c1-10-8-12(5-7-14(10)17)24(22,23)19-15-9-11(18)4-6-13(15)16(21)20(2)3/h4-9,19H,1-3H3. The molecule has 128 valence electrons. The highest BCUT2D eigenvalue weighted by molar-refractivity contribution is 9.10. The van der Waals surface area contributed by atoms with Crippen molar-refractivity contribution in [3.63, 3.8) is 0 Å². The molecule has 0 saturated carbocycles. The molecule has 0 heterocycles. The molecule has 1 amide bonds. The summed E-state index contributed by atoms with van der Waals surface area (Å²) in [5.74, 6) is -0.323. The number of nitrogens with one attached hydrogen (secondary N) is 1. The fourth-order valence-corrected chi connectivity index (χ4v) is 3.59. The van der Waals surface area contributed by atoms with E-state index in [1.807, 2.05) is 0 Å². The number of anilines is 1. The van der Waals surface area contributed by atoms with Crippen LogP contribution in [0.15, 0.2) is 45.8 Å². The zero-order valence-electron chi connectivity index (χ0n) is 13.3. The molecule has 0 bridgehead atoms. The number of rotatable bonds is 4. The number of carbonyl (C=O) groups is 1. The number of nitrogens with zero attached hydrogens (tertiary/aromatic N) is 1. The van der Waals surface area contributed by atoms with Gasteiger partial charge in [0.25, 0.3) is 15.9 Å². The van der Waals surface area contributed by atoms with Crippen LogP contribution in [0.3, 0.4) is 0 Å². The monoisotopic (exact) mass is 430 g/mol. The maximum atomic E-state index is 12.6. The Morgan fingerprint density at radius 3 is 2.42 bits per heavy atom. The van der Waals surface area contributed by atoms with Gasteiger partial charge >= 0.3 is 0 Å². The molecule has 0 aliphatic heterocycles. The van der Waals surface area contributed by atoms with Crippen LogP contribution in [0, 0.1) is 6.92 Å². The summed E-state index contributed by atoms with van der Waals surface area (Å²) in [4.78, 5) is 13.7. The summed E-state index contributed by atoms with van der Waals surface area (Å²) >= 11 is 9.29. The average Bonchev–Trinajstić information content (AvgIpc) is 2.49. The van der Waals surface area contributed by atoms with Crippen molar-refractivity contribution in [1.82, 2.24) is 4.90 Å². The van der Waals surface area contributed by atoms with Gasteiger partial charge in [0, 0.05) is 23.6 Å². The van der Waals surface area contributed by atoms with Crippen molar-refractivity contribution in [2.24, 2.45) is 0 Å². The predicted octanol–water partition coefficient (Wildman–Crippen LogP) is 3.91. The van der Waals surface area contributed by atoms with Crippen LogP contribution >= 0.6 is 27.5 Å². The molecule has 0 unspecified atom stereocenters. The molecule has 2 aromatic carbocycles. The first-order chi connectivity index (χ1) is 11.1. The van der Waals surface area contributed by atoms with E-state index in [-0.39, 0.29) is 22.1 Å². The predicted molar refractivity (Wildman–Crippen MR) is 99.2 cm³/mol. The molecule has 0 aliphatic rings. The average molecular weight is 432 g/mol. The maximum absolute atomic E-state index is 12.6. The van der Waals surface area contributed by atoms with Crippen molar-refractivity contribution in [3.8, 4) is 0 Å². The third-order valence-electron chi connectivity index (χ3n) is 3.30. The van der Waals surface area contributed by atoms with E-state index in [1.54, 1.807) is 39.2 Å². The molecule has 2 aromatic rings. The quantitative estimate of drug-likeness (QED) is 0.798. The number of amides is 1. The number of carbonyl (C=O) groups excluding carboxylic acids is 1. The lowest BCUT2D eigenvalue weighted by atomic mass is 10.1. The van der Waals surface area contributed by atoms with Crippen LogP contribution in [0.2, 0.25) is 5.02 Å². The molecule has 0 fully saturated rings. The summed E-state index contributed by atoms with van der Waals surface area (Å²) in [7, 11) is -0.670. The number of hydrogen-bond acceptors (Lipinski definition) is 3. The lowest BCUT2D eigenvalue weighted by Gasteiger charge is -2.16. The fraction of sp³-hybridized carbons (Fsp3) is 0.188. The molecule has 0 aromatic heterocycles. The lowest BCUT2D eigenvalue weighted by Crippen LogP contribution is -2.24. The van der Waals surface area contributed by atoms with Crippen LogP contribution in [0.1, 0.15) is 15.9 Å². The minimum atomic E-state index is -3.85. The topological polar surface area (TPSA) is 66.5 Å². The van der Waals surface area contributed by atoms with Gasteiger partial charge in [0.05, 0.1) is 16.1 Å². The Kier molecular flexibility index (Phi) is 5.57. The third-order valence-corrected chi connectivity index (χ3v) is 5.79. The van der Waals surface area contributed by atoms with Gasteiger partial charge in [-0.05, 0) is 48.9 Å². The highest BCUT2D eigenvalue weighted by Gasteiger charge is 2.20. The van der Waals surface area contributed by atoms with E-state index in [0.717, 1.165) is 10.0 Å². The lowest BCUT2D eigenvalue weighted by molar-refractivity contribution is 0.0828. The highest BCUT2D eigenvalue weighted by atomic mass is 79.9. The van der Waals surface area contributed by atoms with Gasteiger partial charge in [-0.2, -0.15) is 0 Å². The number of aryl methyl sites for hydroxylation is 1. The molecule has 0 radical (unpaired) electrons. The maximum Gasteiger partial charge on any atom is 0.261 e. The SMILES string of the molecule is Cc1cc(S(=O)(=O)Nc2cc(Cl)ccc2C(=O)N(C)C)ccc1Br. The van der Waals surface area contributed by atoms with Crippen molar-refractivity contribution >= 4 is 49.1 Å². The van der Waals surface area contributed by atoms with Gasteiger partial charge < -0.3 is 4.90 Å². The van der Waals surface area contributed by atoms with Crippen LogP contribution in [0.5, 0.6) is 0 Å². The van der Waals surface area contributed by atoms with Gasteiger partial charge in [-0.3, -0.25) is 9.52 Å². The van der Waals surface area contributed by atoms with Gasteiger partial charge in [0.1, 0.15) is 0 Å². The first kappa shape index (κ1) is 18.8. The Bertz CT molecular complexity index is 898. The molecular weight excluding hydrogens is 416 g/mol. The molecule has 0 atom stereocenters. The molecule has 8 heteroatoms. The van der Waals surface area contributed by atoms with E-state index in [9.17, 15) is 13.2 Å². The zero-order valence-corrected chi connectivity index (χ0v) is 16.5. The van der Waals surface area contributed by atoms with E-state index >= 15 is 0 Å². The summed E-state index contributed by atoms with van der Waals surface area (Å²) in [5.41, 5.74) is 1.15. The molecular formula is C16H16BrClN2O3S. The number of halogens is 2. The second-order valence-corrected chi connectivity index (χ2v) is 8.38.